The number of carbonyl (C=O) groups is 1. The van der Waals surface area contributed by atoms with Crippen LogP contribution in [0.15, 0.2) is 39.9 Å². The van der Waals surface area contributed by atoms with Gasteiger partial charge in [0.05, 0.1) is 12.7 Å². The molecule has 1 amide bonds. The third-order valence-corrected chi connectivity index (χ3v) is 4.21. The number of guanidine groups is 1. The molecule has 160 valence electrons. The van der Waals surface area contributed by atoms with E-state index >= 15 is 0 Å². The molecule has 1 heterocycles. The number of hydrogen-bond acceptors (Lipinski definition) is 4. The van der Waals surface area contributed by atoms with Crippen LogP contribution in [0.1, 0.15) is 48.3 Å². The summed E-state index contributed by atoms with van der Waals surface area (Å²) < 4.78 is 5.78. The fourth-order valence-electron chi connectivity index (χ4n) is 2.56. The van der Waals surface area contributed by atoms with E-state index in [1.165, 1.54) is 0 Å². The quantitative estimate of drug-likeness (QED) is 0.352. The molecule has 8 heteroatoms. The van der Waals surface area contributed by atoms with E-state index in [4.69, 9.17) is 4.42 Å². The van der Waals surface area contributed by atoms with Crippen molar-refractivity contribution in [3.8, 4) is 0 Å². The van der Waals surface area contributed by atoms with Crippen molar-refractivity contribution < 1.29 is 9.21 Å². The molecule has 1 aromatic carbocycles. The van der Waals surface area contributed by atoms with Gasteiger partial charge in [0.25, 0.3) is 5.91 Å². The highest BCUT2D eigenvalue weighted by molar-refractivity contribution is 14.0. The lowest BCUT2D eigenvalue weighted by Gasteiger charge is -2.14. The molecule has 2 rings (SSSR count). The van der Waals surface area contributed by atoms with Crippen molar-refractivity contribution >= 4 is 35.8 Å². The summed E-state index contributed by atoms with van der Waals surface area (Å²) in [5, 5.41) is 6.47. The summed E-state index contributed by atoms with van der Waals surface area (Å²) >= 11 is 0. The van der Waals surface area contributed by atoms with Crippen LogP contribution >= 0.6 is 24.0 Å². The van der Waals surface area contributed by atoms with Gasteiger partial charge in [0.1, 0.15) is 5.76 Å². The lowest BCUT2D eigenvalue weighted by atomic mass is 9.94. The van der Waals surface area contributed by atoms with Crippen molar-refractivity contribution in [3.63, 3.8) is 0 Å². The number of halogens is 1. The lowest BCUT2D eigenvalue weighted by molar-refractivity contribution is 0.0827. The number of hydrogen-bond donors (Lipinski definition) is 2. The maximum atomic E-state index is 12.1. The van der Waals surface area contributed by atoms with Gasteiger partial charge in [0, 0.05) is 38.7 Å². The molecule has 0 aliphatic carbocycles. The Balaban J connectivity index is 0.00000420. The normalized spacial score (nSPS) is 11.6. The lowest BCUT2D eigenvalue weighted by Crippen LogP contribution is -2.37. The molecule has 0 fully saturated rings. The van der Waals surface area contributed by atoms with Gasteiger partial charge in [0.15, 0.2) is 5.96 Å². The third kappa shape index (κ3) is 7.68. The minimum atomic E-state index is -0.0618. The van der Waals surface area contributed by atoms with Crippen molar-refractivity contribution in [2.75, 3.05) is 27.7 Å². The Kier molecular flexibility index (Phi) is 9.61. The first kappa shape index (κ1) is 24.9. The highest BCUT2D eigenvalue weighted by Crippen LogP contribution is 2.22. The number of benzene rings is 1. The fourth-order valence-corrected chi connectivity index (χ4v) is 2.56. The number of oxazole rings is 1. The van der Waals surface area contributed by atoms with E-state index in [1.807, 2.05) is 24.3 Å². The smallest absolute Gasteiger partial charge is 0.253 e. The van der Waals surface area contributed by atoms with Gasteiger partial charge < -0.3 is 20.0 Å². The zero-order chi connectivity index (χ0) is 20.7. The summed E-state index contributed by atoms with van der Waals surface area (Å²) in [7, 11) is 5.23. The number of aromatic nitrogens is 1. The van der Waals surface area contributed by atoms with Crippen LogP contribution in [0.4, 0.5) is 0 Å². The molecule has 0 atom stereocenters. The predicted molar refractivity (Wildman–Crippen MR) is 127 cm³/mol. The molecule has 1 aromatic heterocycles. The van der Waals surface area contributed by atoms with Crippen LogP contribution < -0.4 is 10.6 Å². The SMILES string of the molecule is CN=C(NCCc1cccc(C(=O)N(C)C)c1)NCc1ncc(C(C)(C)C)o1.I. The van der Waals surface area contributed by atoms with Crippen molar-refractivity contribution in [2.45, 2.75) is 39.2 Å². The standard InChI is InChI=1S/C21H31N5O2.HI/c1-21(2,3)17-13-24-18(28-17)14-25-20(22-4)23-11-10-15-8-7-9-16(12-15)19(27)26(5)6;/h7-9,12-13H,10-11,14H2,1-6H3,(H2,22,23,25);1H. The van der Waals surface area contributed by atoms with Gasteiger partial charge in [-0.1, -0.05) is 32.9 Å². The van der Waals surface area contributed by atoms with E-state index in [0.717, 1.165) is 17.7 Å². The number of carbonyl (C=O) groups excluding carboxylic acids is 1. The zero-order valence-corrected chi connectivity index (χ0v) is 20.4. The topological polar surface area (TPSA) is 82.8 Å². The Bertz CT molecular complexity index is 824. The Morgan fingerprint density at radius 3 is 2.55 bits per heavy atom. The van der Waals surface area contributed by atoms with Gasteiger partial charge in [-0.2, -0.15) is 0 Å². The zero-order valence-electron chi connectivity index (χ0n) is 18.1. The first-order valence-electron chi connectivity index (χ1n) is 9.41. The maximum absolute atomic E-state index is 12.1. The van der Waals surface area contributed by atoms with Gasteiger partial charge in [-0.05, 0) is 24.1 Å². The number of nitrogens with one attached hydrogen (secondary N) is 2. The van der Waals surface area contributed by atoms with E-state index in [-0.39, 0.29) is 35.3 Å². The monoisotopic (exact) mass is 513 g/mol. The first-order chi connectivity index (χ1) is 13.2. The summed E-state index contributed by atoms with van der Waals surface area (Å²) in [6.45, 7) is 7.42. The van der Waals surface area contributed by atoms with Gasteiger partial charge >= 0.3 is 0 Å². The van der Waals surface area contributed by atoms with Gasteiger partial charge in [-0.25, -0.2) is 4.98 Å². The van der Waals surface area contributed by atoms with E-state index < -0.39 is 0 Å². The maximum Gasteiger partial charge on any atom is 0.253 e. The summed E-state index contributed by atoms with van der Waals surface area (Å²) in [5.74, 6) is 2.17. The molecule has 0 unspecified atom stereocenters. The van der Waals surface area contributed by atoms with E-state index in [1.54, 1.807) is 32.2 Å². The average molecular weight is 513 g/mol. The van der Waals surface area contributed by atoms with Gasteiger partial charge in [-0.3, -0.25) is 9.79 Å². The molecule has 2 N–H and O–H groups in total. The van der Waals surface area contributed by atoms with E-state index in [2.05, 4.69) is 41.4 Å². The molecule has 0 spiro atoms. The number of rotatable bonds is 6. The highest BCUT2D eigenvalue weighted by atomic mass is 127. The summed E-state index contributed by atoms with van der Waals surface area (Å²) in [6, 6.07) is 7.70. The molecule has 0 saturated carbocycles. The van der Waals surface area contributed by atoms with Crippen LogP contribution in [0.2, 0.25) is 0 Å². The molecule has 0 saturated heterocycles. The minimum Gasteiger partial charge on any atom is -0.443 e. The van der Waals surface area contributed by atoms with E-state index in [0.29, 0.717) is 30.5 Å². The largest absolute Gasteiger partial charge is 0.443 e. The Hall–Kier alpha value is -2.10. The second-order valence-electron chi connectivity index (χ2n) is 7.87. The van der Waals surface area contributed by atoms with Crippen molar-refractivity contribution in [2.24, 2.45) is 4.99 Å². The Morgan fingerprint density at radius 1 is 1.24 bits per heavy atom. The molecular formula is C21H32IN5O2. The van der Waals surface area contributed by atoms with Crippen molar-refractivity contribution in [1.82, 2.24) is 20.5 Å². The van der Waals surface area contributed by atoms with Crippen LogP contribution in [-0.2, 0) is 18.4 Å². The average Bonchev–Trinajstić information content (AvgIpc) is 3.13. The number of aliphatic imine (C=N–C) groups is 1. The van der Waals surface area contributed by atoms with Gasteiger partial charge in [-0.15, -0.1) is 24.0 Å². The first-order valence-corrected chi connectivity index (χ1v) is 9.41. The van der Waals surface area contributed by atoms with Crippen LogP contribution in [-0.4, -0.2) is 49.4 Å². The van der Waals surface area contributed by atoms with Crippen molar-refractivity contribution in [3.05, 3.63) is 53.2 Å². The van der Waals surface area contributed by atoms with Crippen LogP contribution in [0.25, 0.3) is 0 Å². The summed E-state index contributed by atoms with van der Waals surface area (Å²) in [6.07, 6.45) is 2.55. The molecule has 0 bridgehead atoms. The summed E-state index contributed by atoms with van der Waals surface area (Å²) in [5.41, 5.74) is 1.73. The Labute approximate surface area is 190 Å². The summed E-state index contributed by atoms with van der Waals surface area (Å²) in [4.78, 5) is 22.2. The second-order valence-corrected chi connectivity index (χ2v) is 7.87. The predicted octanol–water partition coefficient (Wildman–Crippen LogP) is 3.20. The number of amides is 1. The molecule has 2 aromatic rings. The molecular weight excluding hydrogens is 481 g/mol. The molecule has 0 aliphatic heterocycles. The minimum absolute atomic E-state index is 0. The third-order valence-electron chi connectivity index (χ3n) is 4.21. The number of nitrogens with zero attached hydrogens (tertiary/aromatic N) is 3. The van der Waals surface area contributed by atoms with Crippen LogP contribution in [0.3, 0.4) is 0 Å². The van der Waals surface area contributed by atoms with Crippen LogP contribution in [0.5, 0.6) is 0 Å². The van der Waals surface area contributed by atoms with E-state index in [9.17, 15) is 4.79 Å². The molecule has 7 nitrogen and oxygen atoms in total. The second kappa shape index (κ2) is 11.2. The molecule has 0 aliphatic rings. The Morgan fingerprint density at radius 2 is 1.97 bits per heavy atom. The molecule has 29 heavy (non-hydrogen) atoms. The molecule has 0 radical (unpaired) electrons. The highest BCUT2D eigenvalue weighted by Gasteiger charge is 2.19. The van der Waals surface area contributed by atoms with Gasteiger partial charge in [0.2, 0.25) is 5.89 Å². The van der Waals surface area contributed by atoms with Crippen LogP contribution in [0, 0.1) is 0 Å². The van der Waals surface area contributed by atoms with Crippen molar-refractivity contribution in [1.29, 1.82) is 0 Å². The fraction of sp³-hybridized carbons (Fsp3) is 0.476.